The topological polar surface area (TPSA) is 43.2 Å². The molecule has 0 amide bonds. The smallest absolute Gasteiger partial charge is 0.126 e. The van der Waals surface area contributed by atoms with Gasteiger partial charge in [0, 0.05) is 31.3 Å². The number of ether oxygens (including phenoxy) is 1. The monoisotopic (exact) mass is 372 g/mol. The molecule has 4 heterocycles. The second-order valence-corrected chi connectivity index (χ2v) is 8.83. The summed E-state index contributed by atoms with van der Waals surface area (Å²) in [6.45, 7) is 2.97. The fourth-order valence-corrected chi connectivity index (χ4v) is 5.73. The minimum absolute atomic E-state index is 0.240. The molecule has 26 heavy (non-hydrogen) atoms. The predicted octanol–water partition coefficient (Wildman–Crippen LogP) is 3.94. The van der Waals surface area contributed by atoms with E-state index in [1.807, 2.05) is 0 Å². The van der Waals surface area contributed by atoms with E-state index in [0.717, 1.165) is 39.0 Å². The maximum atomic E-state index is 5.80. The Morgan fingerprint density at radius 1 is 1.15 bits per heavy atom. The second kappa shape index (κ2) is 7.06. The van der Waals surface area contributed by atoms with Crippen molar-refractivity contribution in [1.29, 1.82) is 0 Å². The first-order chi connectivity index (χ1) is 12.8. The zero-order chi connectivity index (χ0) is 17.5. The molecule has 1 aliphatic carbocycles. The highest BCUT2D eigenvalue weighted by molar-refractivity contribution is 7.09. The van der Waals surface area contributed by atoms with Crippen LogP contribution < -0.4 is 0 Å². The van der Waals surface area contributed by atoms with E-state index in [9.17, 15) is 0 Å². The van der Waals surface area contributed by atoms with Gasteiger partial charge >= 0.3 is 0 Å². The fraction of sp³-hybridized carbons (Fsp3) is 0.700. The predicted molar refractivity (Wildman–Crippen MR) is 102 cm³/mol. The summed E-state index contributed by atoms with van der Waals surface area (Å²) in [5, 5.41) is 3.40. The summed E-state index contributed by atoms with van der Waals surface area (Å²) in [7, 11) is 2.22. The molecule has 2 atom stereocenters. The average molecular weight is 373 g/mol. The third-order valence-electron chi connectivity index (χ3n) is 6.21. The van der Waals surface area contributed by atoms with Crippen molar-refractivity contribution in [1.82, 2.24) is 19.4 Å². The molecule has 0 unspecified atom stereocenters. The van der Waals surface area contributed by atoms with Crippen molar-refractivity contribution in [2.75, 3.05) is 13.2 Å². The number of imidazole rings is 1. The number of likely N-dealkylation sites (tertiary alicyclic amines) is 1. The minimum Gasteiger partial charge on any atom is -0.371 e. The van der Waals surface area contributed by atoms with Crippen LogP contribution in [0.25, 0.3) is 0 Å². The molecule has 140 valence electrons. The lowest BCUT2D eigenvalue weighted by Crippen LogP contribution is -2.25. The van der Waals surface area contributed by atoms with Gasteiger partial charge in [-0.2, -0.15) is 0 Å². The Morgan fingerprint density at radius 3 is 2.92 bits per heavy atom. The lowest BCUT2D eigenvalue weighted by Gasteiger charge is -2.23. The van der Waals surface area contributed by atoms with Crippen LogP contribution in [0.15, 0.2) is 5.38 Å². The largest absolute Gasteiger partial charge is 0.371 e. The molecule has 6 heteroatoms. The van der Waals surface area contributed by atoms with Crippen LogP contribution in [-0.2, 0) is 31.2 Å². The van der Waals surface area contributed by atoms with E-state index >= 15 is 0 Å². The Balaban J connectivity index is 1.34. The Bertz CT molecular complexity index is 777. The lowest BCUT2D eigenvalue weighted by molar-refractivity contribution is 0.111. The van der Waals surface area contributed by atoms with Gasteiger partial charge in [-0.25, -0.2) is 9.97 Å². The maximum Gasteiger partial charge on any atom is 0.126 e. The van der Waals surface area contributed by atoms with Crippen LogP contribution in [0.1, 0.15) is 78.6 Å². The maximum absolute atomic E-state index is 5.80. The van der Waals surface area contributed by atoms with E-state index < -0.39 is 0 Å². The van der Waals surface area contributed by atoms with Crippen molar-refractivity contribution in [2.24, 2.45) is 7.05 Å². The van der Waals surface area contributed by atoms with Crippen LogP contribution in [0.2, 0.25) is 0 Å². The number of aryl methyl sites for hydroxylation is 1. The van der Waals surface area contributed by atoms with Crippen LogP contribution in [0.4, 0.5) is 0 Å². The molecule has 2 saturated heterocycles. The normalized spacial score (nSPS) is 26.5. The second-order valence-electron chi connectivity index (χ2n) is 7.94. The van der Waals surface area contributed by atoms with E-state index in [4.69, 9.17) is 14.7 Å². The molecule has 0 radical (unpaired) electrons. The van der Waals surface area contributed by atoms with Crippen LogP contribution in [0.5, 0.6) is 0 Å². The molecule has 2 aromatic rings. The van der Waals surface area contributed by atoms with Crippen molar-refractivity contribution in [3.05, 3.63) is 33.3 Å². The Hall–Kier alpha value is -1.24. The molecule has 0 spiro atoms. The standard InChI is InChI=1S/C20H28N4OS/c1-23-16-7-3-2-6-15(16)22-19(23)17-8-4-10-24(17)12-14-13-26-20(21-14)18-9-5-11-25-18/h13,17-18H,2-12H2,1H3/t17-,18-/m1/s1. The fourth-order valence-electron chi connectivity index (χ4n) is 4.84. The van der Waals surface area contributed by atoms with Gasteiger partial charge in [0.15, 0.2) is 0 Å². The van der Waals surface area contributed by atoms with Crippen molar-refractivity contribution in [2.45, 2.75) is 70.1 Å². The highest BCUT2D eigenvalue weighted by atomic mass is 32.1. The van der Waals surface area contributed by atoms with Gasteiger partial charge in [-0.05, 0) is 57.9 Å². The highest BCUT2D eigenvalue weighted by Crippen LogP contribution is 2.36. The first-order valence-electron chi connectivity index (χ1n) is 10.1. The van der Waals surface area contributed by atoms with Gasteiger partial charge in [0.2, 0.25) is 0 Å². The lowest BCUT2D eigenvalue weighted by atomic mass is 10.0. The summed E-state index contributed by atoms with van der Waals surface area (Å²) in [4.78, 5) is 12.6. The molecular weight excluding hydrogens is 344 g/mol. The van der Waals surface area contributed by atoms with E-state index in [2.05, 4.69) is 21.9 Å². The van der Waals surface area contributed by atoms with Gasteiger partial charge in [-0.15, -0.1) is 11.3 Å². The van der Waals surface area contributed by atoms with Gasteiger partial charge in [-0.1, -0.05) is 0 Å². The first kappa shape index (κ1) is 16.9. The Morgan fingerprint density at radius 2 is 2.08 bits per heavy atom. The minimum atomic E-state index is 0.240. The molecule has 0 bridgehead atoms. The van der Waals surface area contributed by atoms with Gasteiger partial charge in [0.25, 0.3) is 0 Å². The van der Waals surface area contributed by atoms with Crippen molar-refractivity contribution in [3.8, 4) is 0 Å². The summed E-state index contributed by atoms with van der Waals surface area (Å²) in [6.07, 6.45) is 9.96. The molecule has 0 aromatic carbocycles. The summed E-state index contributed by atoms with van der Waals surface area (Å²) in [6, 6.07) is 0.443. The van der Waals surface area contributed by atoms with Crippen LogP contribution in [-0.4, -0.2) is 32.6 Å². The van der Waals surface area contributed by atoms with Gasteiger partial charge in [0.05, 0.1) is 17.4 Å². The van der Waals surface area contributed by atoms with E-state index in [-0.39, 0.29) is 6.10 Å². The van der Waals surface area contributed by atoms with E-state index in [1.165, 1.54) is 60.0 Å². The zero-order valence-corrected chi connectivity index (χ0v) is 16.4. The average Bonchev–Trinajstić information content (AvgIpc) is 3.42. The zero-order valence-electron chi connectivity index (χ0n) is 15.6. The molecule has 2 aromatic heterocycles. The quantitative estimate of drug-likeness (QED) is 0.815. The SMILES string of the molecule is Cn1c([C@H]2CCCN2Cc2csc([C@H]3CCCO3)n2)nc2c1CCCC2. The van der Waals surface area contributed by atoms with Crippen LogP contribution in [0, 0.1) is 0 Å². The van der Waals surface area contributed by atoms with Gasteiger partial charge in [0.1, 0.15) is 16.9 Å². The number of thiazole rings is 1. The number of fused-ring (bicyclic) bond motifs is 1. The Labute approximate surface area is 159 Å². The molecule has 5 nitrogen and oxygen atoms in total. The molecule has 5 rings (SSSR count). The number of hydrogen-bond acceptors (Lipinski definition) is 5. The number of nitrogens with zero attached hydrogens (tertiary/aromatic N) is 4. The number of hydrogen-bond donors (Lipinski definition) is 0. The van der Waals surface area contributed by atoms with Crippen LogP contribution in [0.3, 0.4) is 0 Å². The summed E-state index contributed by atoms with van der Waals surface area (Å²) in [5.41, 5.74) is 4.04. The Kier molecular flexibility index (Phi) is 4.59. The highest BCUT2D eigenvalue weighted by Gasteiger charge is 2.32. The van der Waals surface area contributed by atoms with Crippen molar-refractivity contribution in [3.63, 3.8) is 0 Å². The molecule has 3 aliphatic rings. The molecule has 0 N–H and O–H groups in total. The molecular formula is C20H28N4OS. The third kappa shape index (κ3) is 3.02. The summed E-state index contributed by atoms with van der Waals surface area (Å²) >= 11 is 1.77. The third-order valence-corrected chi connectivity index (χ3v) is 7.20. The molecule has 2 fully saturated rings. The van der Waals surface area contributed by atoms with Crippen molar-refractivity contribution < 1.29 is 4.74 Å². The van der Waals surface area contributed by atoms with E-state index in [0.29, 0.717) is 6.04 Å². The first-order valence-corrected chi connectivity index (χ1v) is 11.0. The summed E-state index contributed by atoms with van der Waals surface area (Å²) in [5.74, 6) is 1.28. The number of aromatic nitrogens is 3. The molecule has 2 aliphatic heterocycles. The van der Waals surface area contributed by atoms with E-state index in [1.54, 1.807) is 11.3 Å². The van der Waals surface area contributed by atoms with Gasteiger partial charge in [-0.3, -0.25) is 4.90 Å². The van der Waals surface area contributed by atoms with Crippen molar-refractivity contribution >= 4 is 11.3 Å². The summed E-state index contributed by atoms with van der Waals surface area (Å²) < 4.78 is 8.20. The van der Waals surface area contributed by atoms with Crippen LogP contribution >= 0.6 is 11.3 Å². The van der Waals surface area contributed by atoms with Gasteiger partial charge < -0.3 is 9.30 Å². The number of rotatable bonds is 4. The molecule has 0 saturated carbocycles.